The molecule has 3 rings (SSSR count). The molecule has 1 aliphatic heterocycles. The van der Waals surface area contributed by atoms with E-state index in [1.807, 2.05) is 54.6 Å². The highest BCUT2D eigenvalue weighted by molar-refractivity contribution is 5.74. The second-order valence-electron chi connectivity index (χ2n) is 5.16. The summed E-state index contributed by atoms with van der Waals surface area (Å²) in [6, 6.07) is 17.0. The van der Waals surface area contributed by atoms with Crippen LogP contribution >= 0.6 is 0 Å². The molecule has 1 N–H and O–H groups in total. The molecule has 1 heterocycles. The smallest absolute Gasteiger partial charge is 0.323 e. The van der Waals surface area contributed by atoms with Crippen LogP contribution in [0, 0.1) is 0 Å². The van der Waals surface area contributed by atoms with Crippen molar-refractivity contribution in [2.45, 2.75) is 25.6 Å². The number of benzene rings is 2. The largest absolute Gasteiger partial charge is 0.480 e. The Labute approximate surface area is 123 Å². The van der Waals surface area contributed by atoms with Crippen LogP contribution in [0.3, 0.4) is 0 Å². The van der Waals surface area contributed by atoms with Crippen molar-refractivity contribution < 1.29 is 14.7 Å². The molecule has 0 saturated heterocycles. The minimum absolute atomic E-state index is 0.382. The van der Waals surface area contributed by atoms with E-state index in [0.29, 0.717) is 19.6 Å². The van der Waals surface area contributed by atoms with Crippen molar-refractivity contribution in [1.82, 2.24) is 5.06 Å². The molecule has 0 radical (unpaired) electrons. The second-order valence-corrected chi connectivity index (χ2v) is 5.16. The number of hydroxylamine groups is 2. The molecular weight excluding hydrogens is 266 g/mol. The van der Waals surface area contributed by atoms with Crippen LogP contribution in [0.15, 0.2) is 54.6 Å². The summed E-state index contributed by atoms with van der Waals surface area (Å²) in [5.74, 6) is -0.849. The molecule has 4 nitrogen and oxygen atoms in total. The van der Waals surface area contributed by atoms with Crippen molar-refractivity contribution in [2.24, 2.45) is 0 Å². The van der Waals surface area contributed by atoms with Gasteiger partial charge in [0, 0.05) is 6.42 Å². The Balaban J connectivity index is 1.75. The summed E-state index contributed by atoms with van der Waals surface area (Å²) < 4.78 is 0. The lowest BCUT2D eigenvalue weighted by Gasteiger charge is -2.33. The molecule has 0 aliphatic carbocycles. The third-order valence-corrected chi connectivity index (χ3v) is 3.73. The van der Waals surface area contributed by atoms with Crippen molar-refractivity contribution in [3.8, 4) is 0 Å². The van der Waals surface area contributed by atoms with Gasteiger partial charge in [-0.1, -0.05) is 54.6 Å². The molecule has 2 aromatic rings. The fourth-order valence-corrected chi connectivity index (χ4v) is 2.58. The quantitative estimate of drug-likeness (QED) is 0.937. The van der Waals surface area contributed by atoms with Gasteiger partial charge in [-0.2, -0.15) is 5.06 Å². The molecule has 1 aliphatic rings. The molecule has 4 heteroatoms. The molecule has 0 amide bonds. The summed E-state index contributed by atoms with van der Waals surface area (Å²) in [5.41, 5.74) is 3.24. The summed E-state index contributed by atoms with van der Waals surface area (Å²) in [6.45, 7) is 0.882. The van der Waals surface area contributed by atoms with Crippen LogP contribution in [0.4, 0.5) is 0 Å². The molecule has 0 saturated carbocycles. The number of hydrogen-bond donors (Lipinski definition) is 1. The van der Waals surface area contributed by atoms with Crippen molar-refractivity contribution in [3.05, 3.63) is 71.3 Å². The average molecular weight is 283 g/mol. The minimum Gasteiger partial charge on any atom is -0.480 e. The van der Waals surface area contributed by atoms with Gasteiger partial charge in [-0.25, -0.2) is 0 Å². The van der Waals surface area contributed by atoms with Crippen LogP contribution in [-0.2, 0) is 29.2 Å². The molecule has 0 spiro atoms. The highest BCUT2D eigenvalue weighted by atomic mass is 16.7. The maximum absolute atomic E-state index is 11.5. The van der Waals surface area contributed by atoms with Gasteiger partial charge in [-0.05, 0) is 16.7 Å². The summed E-state index contributed by atoms with van der Waals surface area (Å²) in [5, 5.41) is 11.0. The number of hydrogen-bond acceptors (Lipinski definition) is 3. The Morgan fingerprint density at radius 2 is 1.76 bits per heavy atom. The third-order valence-electron chi connectivity index (χ3n) is 3.73. The normalized spacial score (nSPS) is 18.2. The van der Waals surface area contributed by atoms with E-state index in [-0.39, 0.29) is 0 Å². The van der Waals surface area contributed by atoms with Gasteiger partial charge < -0.3 is 5.11 Å². The Bertz CT molecular complexity index is 627. The van der Waals surface area contributed by atoms with E-state index in [9.17, 15) is 9.90 Å². The minimum atomic E-state index is -0.849. The van der Waals surface area contributed by atoms with E-state index in [2.05, 4.69) is 0 Å². The van der Waals surface area contributed by atoms with Gasteiger partial charge in [0.25, 0.3) is 0 Å². The zero-order valence-corrected chi connectivity index (χ0v) is 11.6. The highest BCUT2D eigenvalue weighted by Crippen LogP contribution is 2.24. The maximum Gasteiger partial charge on any atom is 0.323 e. The van der Waals surface area contributed by atoms with Crippen molar-refractivity contribution >= 4 is 5.97 Å². The summed E-state index contributed by atoms with van der Waals surface area (Å²) in [4.78, 5) is 17.2. The van der Waals surface area contributed by atoms with Crippen LogP contribution in [0.5, 0.6) is 0 Å². The van der Waals surface area contributed by atoms with E-state index in [4.69, 9.17) is 4.84 Å². The first-order chi connectivity index (χ1) is 10.2. The first kappa shape index (κ1) is 13.8. The SMILES string of the molecule is O=C(O)C1Cc2ccccc2CN1OCc1ccccc1. The van der Waals surface area contributed by atoms with Crippen LogP contribution in [0.25, 0.3) is 0 Å². The molecule has 1 unspecified atom stereocenters. The molecule has 2 aromatic carbocycles. The standard InChI is InChI=1S/C17H17NO3/c19-17(20)16-10-14-8-4-5-9-15(14)11-18(16)21-12-13-6-2-1-3-7-13/h1-9,16H,10-12H2,(H,19,20). The molecule has 108 valence electrons. The predicted molar refractivity (Wildman–Crippen MR) is 78.3 cm³/mol. The summed E-state index contributed by atoms with van der Waals surface area (Å²) in [6.07, 6.45) is 0.473. The number of carbonyl (C=O) groups is 1. The second kappa shape index (κ2) is 6.08. The predicted octanol–water partition coefficient (Wildman–Crippen LogP) is 2.63. The molecular formula is C17H17NO3. The monoisotopic (exact) mass is 283 g/mol. The zero-order valence-electron chi connectivity index (χ0n) is 11.6. The van der Waals surface area contributed by atoms with Gasteiger partial charge in [-0.3, -0.25) is 9.63 Å². The van der Waals surface area contributed by atoms with Crippen LogP contribution in [0.2, 0.25) is 0 Å². The van der Waals surface area contributed by atoms with Gasteiger partial charge >= 0.3 is 5.97 Å². The molecule has 0 aromatic heterocycles. The lowest BCUT2D eigenvalue weighted by atomic mass is 9.95. The Morgan fingerprint density at radius 1 is 1.10 bits per heavy atom. The lowest BCUT2D eigenvalue weighted by Crippen LogP contribution is -2.45. The lowest BCUT2D eigenvalue weighted by molar-refractivity contribution is -0.215. The van der Waals surface area contributed by atoms with Crippen molar-refractivity contribution in [3.63, 3.8) is 0 Å². The van der Waals surface area contributed by atoms with Crippen LogP contribution in [0.1, 0.15) is 16.7 Å². The zero-order chi connectivity index (χ0) is 14.7. The first-order valence-electron chi connectivity index (χ1n) is 6.97. The van der Waals surface area contributed by atoms with E-state index >= 15 is 0 Å². The summed E-state index contributed by atoms with van der Waals surface area (Å²) >= 11 is 0. The molecule has 0 bridgehead atoms. The number of fused-ring (bicyclic) bond motifs is 1. The van der Waals surface area contributed by atoms with Gasteiger partial charge in [0.1, 0.15) is 6.04 Å². The van der Waals surface area contributed by atoms with Crippen LogP contribution < -0.4 is 0 Å². The Morgan fingerprint density at radius 3 is 2.48 bits per heavy atom. The fraction of sp³-hybridized carbons (Fsp3) is 0.235. The third kappa shape index (κ3) is 3.12. The van der Waals surface area contributed by atoms with Crippen LogP contribution in [-0.4, -0.2) is 22.2 Å². The van der Waals surface area contributed by atoms with Crippen molar-refractivity contribution in [2.75, 3.05) is 0 Å². The topological polar surface area (TPSA) is 49.8 Å². The Hall–Kier alpha value is -2.17. The number of aliphatic carboxylic acids is 1. The van der Waals surface area contributed by atoms with Gasteiger partial charge in [0.15, 0.2) is 0 Å². The maximum atomic E-state index is 11.5. The van der Waals surface area contributed by atoms with Gasteiger partial charge in [-0.15, -0.1) is 0 Å². The first-order valence-corrected chi connectivity index (χ1v) is 6.97. The van der Waals surface area contributed by atoms with Gasteiger partial charge in [0.2, 0.25) is 0 Å². The van der Waals surface area contributed by atoms with E-state index in [1.165, 1.54) is 0 Å². The Kier molecular flexibility index (Phi) is 3.99. The molecule has 21 heavy (non-hydrogen) atoms. The van der Waals surface area contributed by atoms with E-state index < -0.39 is 12.0 Å². The van der Waals surface area contributed by atoms with Crippen molar-refractivity contribution in [1.29, 1.82) is 0 Å². The number of rotatable bonds is 4. The fourth-order valence-electron chi connectivity index (χ4n) is 2.58. The number of carboxylic acids is 1. The van der Waals surface area contributed by atoms with E-state index in [0.717, 1.165) is 16.7 Å². The number of nitrogens with zero attached hydrogens (tertiary/aromatic N) is 1. The number of carboxylic acid groups (broad SMARTS) is 1. The van der Waals surface area contributed by atoms with Gasteiger partial charge in [0.05, 0.1) is 13.2 Å². The average Bonchev–Trinajstić information content (AvgIpc) is 2.53. The molecule has 0 fully saturated rings. The molecule has 1 atom stereocenters. The highest BCUT2D eigenvalue weighted by Gasteiger charge is 2.32. The van der Waals surface area contributed by atoms with E-state index in [1.54, 1.807) is 5.06 Å². The summed E-state index contributed by atoms with van der Waals surface area (Å²) in [7, 11) is 0.